The Morgan fingerprint density at radius 2 is 2.26 bits per heavy atom. The number of carboxylic acids is 1. The molecule has 2 rings (SSSR count). The molecule has 0 atom stereocenters. The van der Waals surface area contributed by atoms with Crippen LogP contribution in [0.25, 0.3) is 0 Å². The number of rotatable bonds is 5. The Kier molecular flexibility index (Phi) is 3.91. The van der Waals surface area contributed by atoms with E-state index >= 15 is 0 Å². The van der Waals surface area contributed by atoms with Crippen molar-refractivity contribution in [1.29, 1.82) is 0 Å². The van der Waals surface area contributed by atoms with E-state index in [2.05, 4.69) is 10.3 Å². The van der Waals surface area contributed by atoms with Gasteiger partial charge in [-0.1, -0.05) is 35.0 Å². The summed E-state index contributed by atoms with van der Waals surface area (Å²) < 4.78 is 1.60. The predicted octanol–water partition coefficient (Wildman–Crippen LogP) is 0.834. The number of aryl methyl sites for hydroxylation is 1. The van der Waals surface area contributed by atoms with Gasteiger partial charge in [-0.05, 0) is 19.0 Å². The standard InChI is InChI=1S/C13H16N4O2/c1-9-3-2-4-10(7-9)8-17-11(5-6-14)12(13(18)19)15-16-17/h2-4,7H,5-6,8,14H2,1H3,(H,18,19). The van der Waals surface area contributed by atoms with Crippen LogP contribution in [0.5, 0.6) is 0 Å². The van der Waals surface area contributed by atoms with Gasteiger partial charge in [-0.2, -0.15) is 0 Å². The van der Waals surface area contributed by atoms with Gasteiger partial charge in [-0.15, -0.1) is 5.10 Å². The first-order chi connectivity index (χ1) is 9.11. The van der Waals surface area contributed by atoms with Gasteiger partial charge in [0.2, 0.25) is 0 Å². The maximum atomic E-state index is 11.1. The summed E-state index contributed by atoms with van der Waals surface area (Å²) in [7, 11) is 0. The van der Waals surface area contributed by atoms with Crippen molar-refractivity contribution in [2.75, 3.05) is 6.54 Å². The van der Waals surface area contributed by atoms with Crippen LogP contribution < -0.4 is 5.73 Å². The van der Waals surface area contributed by atoms with E-state index in [1.165, 1.54) is 0 Å². The average molecular weight is 260 g/mol. The first-order valence-corrected chi connectivity index (χ1v) is 6.03. The van der Waals surface area contributed by atoms with Gasteiger partial charge in [-0.3, -0.25) is 0 Å². The smallest absolute Gasteiger partial charge is 0.358 e. The van der Waals surface area contributed by atoms with Gasteiger partial charge in [-0.25, -0.2) is 9.48 Å². The molecule has 0 aliphatic heterocycles. The molecule has 0 radical (unpaired) electrons. The molecule has 0 unspecified atom stereocenters. The zero-order chi connectivity index (χ0) is 13.8. The highest BCUT2D eigenvalue weighted by atomic mass is 16.4. The number of hydrogen-bond acceptors (Lipinski definition) is 4. The Hall–Kier alpha value is -2.21. The fourth-order valence-electron chi connectivity index (χ4n) is 1.99. The number of carbonyl (C=O) groups is 1. The van der Waals surface area contributed by atoms with E-state index < -0.39 is 5.97 Å². The predicted molar refractivity (Wildman–Crippen MR) is 70.0 cm³/mol. The highest BCUT2D eigenvalue weighted by molar-refractivity contribution is 5.86. The molecule has 0 spiro atoms. The zero-order valence-corrected chi connectivity index (χ0v) is 10.7. The molecule has 0 fully saturated rings. The average Bonchev–Trinajstić information content (AvgIpc) is 2.73. The summed E-state index contributed by atoms with van der Waals surface area (Å²) >= 11 is 0. The molecule has 0 saturated heterocycles. The number of aromatic carboxylic acids is 1. The molecule has 100 valence electrons. The topological polar surface area (TPSA) is 94.0 Å². The minimum atomic E-state index is -1.07. The first-order valence-electron chi connectivity index (χ1n) is 6.03. The van der Waals surface area contributed by atoms with Crippen LogP contribution >= 0.6 is 0 Å². The van der Waals surface area contributed by atoms with Crippen LogP contribution in [-0.4, -0.2) is 32.6 Å². The van der Waals surface area contributed by atoms with E-state index in [1.807, 2.05) is 31.2 Å². The fraction of sp³-hybridized carbons (Fsp3) is 0.308. The second-order valence-electron chi connectivity index (χ2n) is 4.38. The van der Waals surface area contributed by atoms with Crippen LogP contribution in [0.4, 0.5) is 0 Å². The molecule has 2 aromatic rings. The lowest BCUT2D eigenvalue weighted by Gasteiger charge is -2.07. The summed E-state index contributed by atoms with van der Waals surface area (Å²) in [5.41, 5.74) is 8.27. The van der Waals surface area contributed by atoms with Crippen LogP contribution in [0.1, 0.15) is 27.3 Å². The van der Waals surface area contributed by atoms with E-state index in [9.17, 15) is 4.79 Å². The number of hydrogen-bond donors (Lipinski definition) is 2. The van der Waals surface area contributed by atoms with Gasteiger partial charge in [0.1, 0.15) is 0 Å². The molecule has 19 heavy (non-hydrogen) atoms. The molecule has 0 bridgehead atoms. The number of nitrogens with zero attached hydrogens (tertiary/aromatic N) is 3. The van der Waals surface area contributed by atoms with E-state index in [1.54, 1.807) is 4.68 Å². The lowest BCUT2D eigenvalue weighted by Crippen LogP contribution is -2.14. The highest BCUT2D eigenvalue weighted by Crippen LogP contribution is 2.11. The Morgan fingerprint density at radius 3 is 2.89 bits per heavy atom. The molecule has 1 aromatic carbocycles. The van der Waals surface area contributed by atoms with Crippen molar-refractivity contribution in [2.24, 2.45) is 5.73 Å². The van der Waals surface area contributed by atoms with E-state index in [0.29, 0.717) is 25.2 Å². The molecule has 1 aromatic heterocycles. The highest BCUT2D eigenvalue weighted by Gasteiger charge is 2.18. The lowest BCUT2D eigenvalue weighted by atomic mass is 10.1. The molecule has 3 N–H and O–H groups in total. The van der Waals surface area contributed by atoms with Gasteiger partial charge in [0.05, 0.1) is 12.2 Å². The van der Waals surface area contributed by atoms with Crippen molar-refractivity contribution in [3.05, 3.63) is 46.8 Å². The molecule has 6 nitrogen and oxygen atoms in total. The van der Waals surface area contributed by atoms with Gasteiger partial charge < -0.3 is 10.8 Å². The summed E-state index contributed by atoms with van der Waals surface area (Å²) in [6, 6.07) is 7.98. The van der Waals surface area contributed by atoms with Crippen LogP contribution in [0, 0.1) is 6.92 Å². The minimum absolute atomic E-state index is 0.0156. The number of nitrogens with two attached hydrogens (primary N) is 1. The molecular formula is C13H16N4O2. The van der Waals surface area contributed by atoms with Crippen molar-refractivity contribution in [3.8, 4) is 0 Å². The quantitative estimate of drug-likeness (QED) is 0.830. The molecule has 0 aliphatic rings. The Labute approximate surface area is 110 Å². The van der Waals surface area contributed by atoms with Gasteiger partial charge in [0, 0.05) is 6.42 Å². The van der Waals surface area contributed by atoms with E-state index in [-0.39, 0.29) is 5.69 Å². The Morgan fingerprint density at radius 1 is 1.47 bits per heavy atom. The van der Waals surface area contributed by atoms with E-state index in [4.69, 9.17) is 10.8 Å². The monoisotopic (exact) mass is 260 g/mol. The first kappa shape index (κ1) is 13.2. The molecule has 0 amide bonds. The number of aromatic nitrogens is 3. The number of carboxylic acid groups (broad SMARTS) is 1. The molecule has 0 saturated carbocycles. The summed E-state index contributed by atoms with van der Waals surface area (Å²) in [4.78, 5) is 11.1. The van der Waals surface area contributed by atoms with Crippen molar-refractivity contribution in [1.82, 2.24) is 15.0 Å². The zero-order valence-electron chi connectivity index (χ0n) is 10.7. The molecular weight excluding hydrogens is 244 g/mol. The summed E-state index contributed by atoms with van der Waals surface area (Å²) in [5, 5.41) is 16.7. The molecule has 6 heteroatoms. The summed E-state index contributed by atoms with van der Waals surface area (Å²) in [6.45, 7) is 2.87. The number of benzene rings is 1. The molecule has 1 heterocycles. The van der Waals surface area contributed by atoms with E-state index in [0.717, 1.165) is 11.1 Å². The summed E-state index contributed by atoms with van der Waals surface area (Å²) in [6.07, 6.45) is 0.445. The van der Waals surface area contributed by atoms with Crippen molar-refractivity contribution < 1.29 is 9.90 Å². The van der Waals surface area contributed by atoms with Crippen LogP contribution in [0.3, 0.4) is 0 Å². The van der Waals surface area contributed by atoms with Crippen LogP contribution in [0.2, 0.25) is 0 Å². The van der Waals surface area contributed by atoms with Crippen LogP contribution in [-0.2, 0) is 13.0 Å². The maximum absolute atomic E-state index is 11.1. The van der Waals surface area contributed by atoms with Crippen LogP contribution in [0.15, 0.2) is 24.3 Å². The third kappa shape index (κ3) is 2.97. The van der Waals surface area contributed by atoms with Crippen molar-refractivity contribution in [3.63, 3.8) is 0 Å². The Balaban J connectivity index is 2.32. The van der Waals surface area contributed by atoms with Crippen molar-refractivity contribution >= 4 is 5.97 Å². The normalized spacial score (nSPS) is 10.6. The van der Waals surface area contributed by atoms with Gasteiger partial charge in [0.25, 0.3) is 0 Å². The van der Waals surface area contributed by atoms with Gasteiger partial charge in [0.15, 0.2) is 5.69 Å². The fourth-order valence-corrected chi connectivity index (χ4v) is 1.99. The maximum Gasteiger partial charge on any atom is 0.358 e. The largest absolute Gasteiger partial charge is 0.476 e. The Bertz CT molecular complexity index is 592. The van der Waals surface area contributed by atoms with Crippen molar-refractivity contribution in [2.45, 2.75) is 19.9 Å². The van der Waals surface area contributed by atoms with Gasteiger partial charge >= 0.3 is 5.97 Å². The third-order valence-corrected chi connectivity index (χ3v) is 2.84. The molecule has 0 aliphatic carbocycles. The minimum Gasteiger partial charge on any atom is -0.476 e. The summed E-state index contributed by atoms with van der Waals surface area (Å²) in [5.74, 6) is -1.07. The third-order valence-electron chi connectivity index (χ3n) is 2.84. The lowest BCUT2D eigenvalue weighted by molar-refractivity contribution is 0.0689. The second-order valence-corrected chi connectivity index (χ2v) is 4.38. The SMILES string of the molecule is Cc1cccc(Cn2nnc(C(=O)O)c2CCN)c1. The second kappa shape index (κ2) is 5.62.